The van der Waals surface area contributed by atoms with Crippen LogP contribution >= 0.6 is 15.9 Å². The van der Waals surface area contributed by atoms with E-state index in [2.05, 4.69) is 31.8 Å². The van der Waals surface area contributed by atoms with Gasteiger partial charge >= 0.3 is 11.8 Å². The molecule has 0 radical (unpaired) electrons. The van der Waals surface area contributed by atoms with Crippen LogP contribution in [0.5, 0.6) is 0 Å². The zero-order valence-electron chi connectivity index (χ0n) is 10.6. The number of nitrogens with one attached hydrogen (secondary N) is 2. The SMILES string of the molecule is CCCCNC(=O)C(=O)N/N=C\c1ccc(Br)cc1. The van der Waals surface area contributed by atoms with E-state index in [1.54, 1.807) is 0 Å². The van der Waals surface area contributed by atoms with Gasteiger partial charge in [0, 0.05) is 11.0 Å². The van der Waals surface area contributed by atoms with Crippen LogP contribution in [0.15, 0.2) is 33.8 Å². The minimum Gasteiger partial charge on any atom is -0.348 e. The molecule has 0 saturated carbocycles. The fourth-order valence-electron chi connectivity index (χ4n) is 1.22. The summed E-state index contributed by atoms with van der Waals surface area (Å²) in [6.07, 6.45) is 3.29. The summed E-state index contributed by atoms with van der Waals surface area (Å²) in [5.74, 6) is -1.43. The number of hydrogen-bond donors (Lipinski definition) is 2. The molecule has 6 heteroatoms. The van der Waals surface area contributed by atoms with Gasteiger partial charge in [0.25, 0.3) is 0 Å². The molecule has 2 amide bonds. The number of halogens is 1. The summed E-state index contributed by atoms with van der Waals surface area (Å²) in [6, 6.07) is 7.39. The molecule has 19 heavy (non-hydrogen) atoms. The molecule has 0 spiro atoms. The summed E-state index contributed by atoms with van der Waals surface area (Å²) in [5.41, 5.74) is 3.01. The lowest BCUT2D eigenvalue weighted by atomic mass is 10.2. The first-order valence-electron chi connectivity index (χ1n) is 6.00. The highest BCUT2D eigenvalue weighted by Gasteiger charge is 2.10. The topological polar surface area (TPSA) is 70.6 Å². The zero-order valence-corrected chi connectivity index (χ0v) is 12.2. The Morgan fingerprint density at radius 3 is 2.58 bits per heavy atom. The number of amides is 2. The maximum Gasteiger partial charge on any atom is 0.329 e. The molecule has 1 aromatic carbocycles. The third kappa shape index (κ3) is 6.15. The average molecular weight is 326 g/mol. The highest BCUT2D eigenvalue weighted by molar-refractivity contribution is 9.10. The van der Waals surface area contributed by atoms with E-state index in [1.807, 2.05) is 31.2 Å². The molecule has 0 heterocycles. The van der Waals surface area contributed by atoms with Gasteiger partial charge in [0.15, 0.2) is 0 Å². The van der Waals surface area contributed by atoms with Crippen molar-refractivity contribution in [3.63, 3.8) is 0 Å². The molecule has 0 fully saturated rings. The van der Waals surface area contributed by atoms with Crippen molar-refractivity contribution in [1.29, 1.82) is 0 Å². The molecule has 0 aliphatic carbocycles. The number of nitrogens with zero attached hydrogens (tertiary/aromatic N) is 1. The van der Waals surface area contributed by atoms with Crippen LogP contribution < -0.4 is 10.7 Å². The van der Waals surface area contributed by atoms with Crippen LogP contribution in [0.25, 0.3) is 0 Å². The number of carbonyl (C=O) groups excluding carboxylic acids is 2. The first kappa shape index (κ1) is 15.4. The monoisotopic (exact) mass is 325 g/mol. The third-order valence-corrected chi connectivity index (χ3v) is 2.80. The van der Waals surface area contributed by atoms with Crippen molar-refractivity contribution < 1.29 is 9.59 Å². The Bertz CT molecular complexity index is 457. The van der Waals surface area contributed by atoms with Gasteiger partial charge in [-0.25, -0.2) is 5.43 Å². The summed E-state index contributed by atoms with van der Waals surface area (Å²) in [7, 11) is 0. The maximum absolute atomic E-state index is 11.3. The van der Waals surface area contributed by atoms with Crippen LogP contribution in [-0.2, 0) is 9.59 Å². The van der Waals surface area contributed by atoms with E-state index in [0.29, 0.717) is 6.54 Å². The molecular weight excluding hydrogens is 310 g/mol. The number of benzene rings is 1. The summed E-state index contributed by atoms with van der Waals surface area (Å²) in [4.78, 5) is 22.6. The molecular formula is C13H16BrN3O2. The molecule has 5 nitrogen and oxygen atoms in total. The van der Waals surface area contributed by atoms with Crippen molar-refractivity contribution in [3.05, 3.63) is 34.3 Å². The molecule has 2 N–H and O–H groups in total. The minimum atomic E-state index is -0.760. The average Bonchev–Trinajstić information content (AvgIpc) is 2.41. The predicted octanol–water partition coefficient (Wildman–Crippen LogP) is 1.82. The Labute approximate surface area is 120 Å². The van der Waals surface area contributed by atoms with Crippen LogP contribution in [0.4, 0.5) is 0 Å². The van der Waals surface area contributed by atoms with Gasteiger partial charge in [-0.15, -0.1) is 0 Å². The lowest BCUT2D eigenvalue weighted by Crippen LogP contribution is -2.38. The van der Waals surface area contributed by atoms with E-state index >= 15 is 0 Å². The molecule has 0 atom stereocenters. The van der Waals surface area contributed by atoms with Crippen molar-refractivity contribution in [2.75, 3.05) is 6.54 Å². The van der Waals surface area contributed by atoms with Crippen molar-refractivity contribution in [2.45, 2.75) is 19.8 Å². The first-order chi connectivity index (χ1) is 9.13. The maximum atomic E-state index is 11.3. The molecule has 0 bridgehead atoms. The first-order valence-corrected chi connectivity index (χ1v) is 6.79. The van der Waals surface area contributed by atoms with Crippen molar-refractivity contribution >= 4 is 34.0 Å². The second-order valence-electron chi connectivity index (χ2n) is 3.86. The van der Waals surface area contributed by atoms with Gasteiger partial charge in [-0.05, 0) is 24.1 Å². The Morgan fingerprint density at radius 1 is 1.26 bits per heavy atom. The van der Waals surface area contributed by atoms with Gasteiger partial charge in [0.2, 0.25) is 0 Å². The molecule has 0 aliphatic rings. The van der Waals surface area contributed by atoms with E-state index in [9.17, 15) is 9.59 Å². The zero-order chi connectivity index (χ0) is 14.1. The van der Waals surface area contributed by atoms with E-state index in [1.165, 1.54) is 6.21 Å². The molecule has 0 unspecified atom stereocenters. The Kier molecular flexibility index (Phi) is 6.81. The second kappa shape index (κ2) is 8.42. The molecule has 0 aromatic heterocycles. The van der Waals surface area contributed by atoms with Gasteiger partial charge < -0.3 is 5.32 Å². The molecule has 1 aromatic rings. The van der Waals surface area contributed by atoms with Gasteiger partial charge in [-0.1, -0.05) is 41.4 Å². The van der Waals surface area contributed by atoms with Crippen molar-refractivity contribution in [1.82, 2.24) is 10.7 Å². The Balaban J connectivity index is 2.36. The van der Waals surface area contributed by atoms with Gasteiger partial charge in [-0.2, -0.15) is 5.10 Å². The van der Waals surface area contributed by atoms with Crippen LogP contribution in [0.3, 0.4) is 0 Å². The summed E-state index contributed by atoms with van der Waals surface area (Å²) in [6.45, 7) is 2.51. The molecule has 102 valence electrons. The van der Waals surface area contributed by atoms with E-state index in [-0.39, 0.29) is 0 Å². The lowest BCUT2D eigenvalue weighted by molar-refractivity contribution is -0.139. The third-order valence-electron chi connectivity index (χ3n) is 2.27. The van der Waals surface area contributed by atoms with Crippen LogP contribution in [0.1, 0.15) is 25.3 Å². The number of carbonyl (C=O) groups is 2. The predicted molar refractivity (Wildman–Crippen MR) is 77.8 cm³/mol. The van der Waals surface area contributed by atoms with Crippen molar-refractivity contribution in [3.8, 4) is 0 Å². The van der Waals surface area contributed by atoms with Gasteiger partial charge in [-0.3, -0.25) is 9.59 Å². The summed E-state index contributed by atoms with van der Waals surface area (Å²) < 4.78 is 0.962. The number of hydrogen-bond acceptors (Lipinski definition) is 3. The quantitative estimate of drug-likeness (QED) is 0.375. The van der Waals surface area contributed by atoms with Crippen molar-refractivity contribution in [2.24, 2.45) is 5.10 Å². The highest BCUT2D eigenvalue weighted by atomic mass is 79.9. The van der Waals surface area contributed by atoms with E-state index < -0.39 is 11.8 Å². The largest absolute Gasteiger partial charge is 0.348 e. The highest BCUT2D eigenvalue weighted by Crippen LogP contribution is 2.08. The fourth-order valence-corrected chi connectivity index (χ4v) is 1.49. The van der Waals surface area contributed by atoms with Crippen LogP contribution in [0.2, 0.25) is 0 Å². The van der Waals surface area contributed by atoms with Gasteiger partial charge in [0.1, 0.15) is 0 Å². The minimum absolute atomic E-state index is 0.499. The number of rotatable bonds is 5. The summed E-state index contributed by atoms with van der Waals surface area (Å²) in [5, 5.41) is 6.23. The van der Waals surface area contributed by atoms with Crippen LogP contribution in [-0.4, -0.2) is 24.6 Å². The Morgan fingerprint density at radius 2 is 1.95 bits per heavy atom. The number of unbranched alkanes of at least 4 members (excludes halogenated alkanes) is 1. The fraction of sp³-hybridized carbons (Fsp3) is 0.308. The molecule has 1 rings (SSSR count). The Hall–Kier alpha value is -1.69. The van der Waals surface area contributed by atoms with E-state index in [0.717, 1.165) is 22.9 Å². The molecule has 0 saturated heterocycles. The lowest BCUT2D eigenvalue weighted by Gasteiger charge is -2.02. The normalized spacial score (nSPS) is 10.4. The van der Waals surface area contributed by atoms with Crippen LogP contribution in [0, 0.1) is 0 Å². The number of hydrazone groups is 1. The van der Waals surface area contributed by atoms with E-state index in [4.69, 9.17) is 0 Å². The van der Waals surface area contributed by atoms with Gasteiger partial charge in [0.05, 0.1) is 6.21 Å². The summed E-state index contributed by atoms with van der Waals surface area (Å²) >= 11 is 3.32. The second-order valence-corrected chi connectivity index (χ2v) is 4.78. The standard InChI is InChI=1S/C13H16BrN3O2/c1-2-3-8-15-12(18)13(19)17-16-9-10-4-6-11(14)7-5-10/h4-7,9H,2-3,8H2,1H3,(H,15,18)(H,17,19)/b16-9-. The molecule has 0 aliphatic heterocycles. The smallest absolute Gasteiger partial charge is 0.329 e.